The summed E-state index contributed by atoms with van der Waals surface area (Å²) in [5, 5.41) is 10.7. The first-order chi connectivity index (χ1) is 13.3. The highest BCUT2D eigenvalue weighted by molar-refractivity contribution is 6.31. The Bertz CT molecular complexity index is 1090. The van der Waals surface area contributed by atoms with Crippen LogP contribution in [0.15, 0.2) is 36.4 Å². The van der Waals surface area contributed by atoms with Gasteiger partial charge < -0.3 is 9.84 Å². The number of phenolic OH excluding ortho intramolecular Hbond substituents is 1. The number of carbonyl (C=O) groups excluding carboxylic acids is 2. The largest absolute Gasteiger partial charge is 0.505 e. The summed E-state index contributed by atoms with van der Waals surface area (Å²) < 4.78 is 20.5. The molecule has 0 saturated carbocycles. The topological polar surface area (TPSA) is 68.5 Å². The van der Waals surface area contributed by atoms with E-state index in [0.717, 1.165) is 6.07 Å². The standard InChI is InChI=1S/C21H19ClFNO4/c1-4-28-21(27)11(2)19-12(3)24(17-10-16(23)18(25)9-15(17)19)20(26)13-6-5-7-14(22)8-13/h5-11,25H,4H2,1-3H3/t11-/m0/s1. The zero-order chi connectivity index (χ0) is 20.6. The van der Waals surface area contributed by atoms with Crippen molar-refractivity contribution in [2.24, 2.45) is 0 Å². The van der Waals surface area contributed by atoms with E-state index in [2.05, 4.69) is 0 Å². The third kappa shape index (κ3) is 3.36. The molecule has 0 bridgehead atoms. The monoisotopic (exact) mass is 403 g/mol. The van der Waals surface area contributed by atoms with Crippen molar-refractivity contribution in [2.75, 3.05) is 6.61 Å². The number of fused-ring (bicyclic) bond motifs is 1. The quantitative estimate of drug-likeness (QED) is 0.635. The Kier molecular flexibility index (Phi) is 5.42. The molecule has 0 saturated heterocycles. The van der Waals surface area contributed by atoms with Gasteiger partial charge in [-0.2, -0.15) is 0 Å². The molecule has 1 heterocycles. The van der Waals surface area contributed by atoms with Gasteiger partial charge in [-0.15, -0.1) is 0 Å². The Morgan fingerprint density at radius 3 is 2.64 bits per heavy atom. The normalized spacial score (nSPS) is 12.2. The lowest BCUT2D eigenvalue weighted by Gasteiger charge is -2.12. The van der Waals surface area contributed by atoms with Crippen LogP contribution in [0.4, 0.5) is 4.39 Å². The molecule has 0 aliphatic heterocycles. The van der Waals surface area contributed by atoms with Crippen LogP contribution in [-0.4, -0.2) is 28.2 Å². The number of nitrogens with zero attached hydrogens (tertiary/aromatic N) is 1. The SMILES string of the molecule is CCOC(=O)[C@@H](C)c1c(C)n(C(=O)c2cccc(Cl)c2)c2cc(F)c(O)cc12. The summed E-state index contributed by atoms with van der Waals surface area (Å²) in [6, 6.07) is 8.72. The highest BCUT2D eigenvalue weighted by Crippen LogP contribution is 2.36. The fourth-order valence-corrected chi connectivity index (χ4v) is 3.58. The van der Waals surface area contributed by atoms with Crippen molar-refractivity contribution in [2.45, 2.75) is 26.7 Å². The molecular formula is C21H19ClFNO4. The molecule has 0 amide bonds. The van der Waals surface area contributed by atoms with Gasteiger partial charge in [0.2, 0.25) is 0 Å². The molecule has 3 rings (SSSR count). The number of carbonyl (C=O) groups is 2. The Morgan fingerprint density at radius 1 is 1.29 bits per heavy atom. The van der Waals surface area contributed by atoms with E-state index in [9.17, 15) is 19.1 Å². The van der Waals surface area contributed by atoms with Crippen molar-refractivity contribution in [3.8, 4) is 5.75 Å². The smallest absolute Gasteiger partial charge is 0.313 e. The highest BCUT2D eigenvalue weighted by atomic mass is 35.5. The second-order valence-electron chi connectivity index (χ2n) is 6.44. The minimum atomic E-state index is -0.861. The number of aromatic hydroxyl groups is 1. The number of esters is 1. The van der Waals surface area contributed by atoms with Crippen LogP contribution in [0, 0.1) is 12.7 Å². The van der Waals surface area contributed by atoms with Crippen LogP contribution in [0.3, 0.4) is 0 Å². The molecule has 146 valence electrons. The van der Waals surface area contributed by atoms with E-state index < -0.39 is 29.4 Å². The molecule has 0 aliphatic rings. The second-order valence-corrected chi connectivity index (χ2v) is 6.88. The molecule has 2 aromatic carbocycles. The first kappa shape index (κ1) is 19.9. The molecule has 7 heteroatoms. The Morgan fingerprint density at radius 2 is 2.00 bits per heavy atom. The van der Waals surface area contributed by atoms with E-state index in [1.165, 1.54) is 16.7 Å². The van der Waals surface area contributed by atoms with Crippen LogP contribution >= 0.6 is 11.6 Å². The van der Waals surface area contributed by atoms with Crippen molar-refractivity contribution in [1.82, 2.24) is 4.57 Å². The van der Waals surface area contributed by atoms with Crippen LogP contribution in [0.5, 0.6) is 5.75 Å². The van der Waals surface area contributed by atoms with Gasteiger partial charge in [-0.05, 0) is 50.6 Å². The minimum absolute atomic E-state index is 0.211. The molecule has 28 heavy (non-hydrogen) atoms. The van der Waals surface area contributed by atoms with Crippen LogP contribution in [-0.2, 0) is 9.53 Å². The highest BCUT2D eigenvalue weighted by Gasteiger charge is 2.28. The Labute approximate surface area is 166 Å². The first-order valence-corrected chi connectivity index (χ1v) is 9.14. The van der Waals surface area contributed by atoms with Gasteiger partial charge in [-0.3, -0.25) is 14.2 Å². The molecule has 0 fully saturated rings. The molecule has 0 radical (unpaired) electrons. The summed E-state index contributed by atoms with van der Waals surface area (Å²) in [6.45, 7) is 5.23. The molecular weight excluding hydrogens is 385 g/mol. The maximum Gasteiger partial charge on any atom is 0.313 e. The Balaban J connectivity index is 2.28. The summed E-state index contributed by atoms with van der Waals surface area (Å²) in [5.41, 5.74) is 1.53. The van der Waals surface area contributed by atoms with E-state index in [4.69, 9.17) is 16.3 Å². The fraction of sp³-hybridized carbons (Fsp3) is 0.238. The van der Waals surface area contributed by atoms with E-state index in [-0.39, 0.29) is 12.1 Å². The summed E-state index contributed by atoms with van der Waals surface area (Å²) in [5.74, 6) is -3.01. The van der Waals surface area contributed by atoms with Gasteiger partial charge in [0, 0.05) is 27.7 Å². The van der Waals surface area contributed by atoms with Gasteiger partial charge in [0.25, 0.3) is 5.91 Å². The van der Waals surface area contributed by atoms with E-state index in [1.54, 1.807) is 39.0 Å². The van der Waals surface area contributed by atoms with Crippen molar-refractivity contribution in [1.29, 1.82) is 0 Å². The second kappa shape index (κ2) is 7.64. The van der Waals surface area contributed by atoms with Crippen molar-refractivity contribution < 1.29 is 23.8 Å². The molecule has 0 aliphatic carbocycles. The molecule has 3 aromatic rings. The third-order valence-electron chi connectivity index (χ3n) is 4.67. The number of aromatic nitrogens is 1. The predicted molar refractivity (Wildman–Crippen MR) is 105 cm³/mol. The molecule has 5 nitrogen and oxygen atoms in total. The molecule has 1 atom stereocenters. The number of hydrogen-bond donors (Lipinski definition) is 1. The summed E-state index contributed by atoms with van der Waals surface area (Å²) in [4.78, 5) is 25.5. The first-order valence-electron chi connectivity index (χ1n) is 8.76. The molecule has 0 unspecified atom stereocenters. The number of halogens is 2. The van der Waals surface area contributed by atoms with Gasteiger partial charge in [0.15, 0.2) is 11.6 Å². The molecule has 1 aromatic heterocycles. The predicted octanol–water partition coefficient (Wildman–Crippen LogP) is 4.80. The van der Waals surface area contributed by atoms with Crippen molar-refractivity contribution in [3.05, 3.63) is 64.1 Å². The average molecular weight is 404 g/mol. The zero-order valence-electron chi connectivity index (χ0n) is 15.6. The van der Waals surface area contributed by atoms with Gasteiger partial charge in [0.05, 0.1) is 18.0 Å². The Hall–Kier alpha value is -2.86. The van der Waals surface area contributed by atoms with Gasteiger partial charge >= 0.3 is 5.97 Å². The maximum absolute atomic E-state index is 14.1. The summed E-state index contributed by atoms with van der Waals surface area (Å²) >= 11 is 6.00. The van der Waals surface area contributed by atoms with Crippen LogP contribution in [0.25, 0.3) is 10.9 Å². The summed E-state index contributed by atoms with van der Waals surface area (Å²) in [6.07, 6.45) is 0. The summed E-state index contributed by atoms with van der Waals surface area (Å²) in [7, 11) is 0. The average Bonchev–Trinajstić information content (AvgIpc) is 2.92. The number of hydrogen-bond acceptors (Lipinski definition) is 4. The van der Waals surface area contributed by atoms with E-state index >= 15 is 0 Å². The van der Waals surface area contributed by atoms with Crippen LogP contribution in [0.1, 0.15) is 41.4 Å². The lowest BCUT2D eigenvalue weighted by molar-refractivity contribution is -0.144. The van der Waals surface area contributed by atoms with E-state index in [1.807, 2.05) is 0 Å². The molecule has 1 N–H and O–H groups in total. The lowest BCUT2D eigenvalue weighted by atomic mass is 9.98. The fourth-order valence-electron chi connectivity index (χ4n) is 3.39. The number of rotatable bonds is 4. The van der Waals surface area contributed by atoms with Gasteiger partial charge in [-0.1, -0.05) is 17.7 Å². The third-order valence-corrected chi connectivity index (χ3v) is 4.90. The van der Waals surface area contributed by atoms with Crippen molar-refractivity contribution >= 4 is 34.4 Å². The van der Waals surface area contributed by atoms with E-state index in [0.29, 0.717) is 27.2 Å². The van der Waals surface area contributed by atoms with Crippen LogP contribution in [0.2, 0.25) is 5.02 Å². The zero-order valence-corrected chi connectivity index (χ0v) is 16.4. The molecule has 0 spiro atoms. The minimum Gasteiger partial charge on any atom is -0.505 e. The van der Waals surface area contributed by atoms with Gasteiger partial charge in [-0.25, -0.2) is 4.39 Å². The number of phenols is 1. The number of benzene rings is 2. The van der Waals surface area contributed by atoms with Crippen LogP contribution < -0.4 is 0 Å². The number of ether oxygens (including phenoxy) is 1. The van der Waals surface area contributed by atoms with Gasteiger partial charge in [0.1, 0.15) is 0 Å². The van der Waals surface area contributed by atoms with Crippen molar-refractivity contribution in [3.63, 3.8) is 0 Å². The maximum atomic E-state index is 14.1. The lowest BCUT2D eigenvalue weighted by Crippen LogP contribution is -2.16.